The molecule has 4 nitrogen and oxygen atoms in total. The zero-order valence-electron chi connectivity index (χ0n) is 9.18. The van der Waals surface area contributed by atoms with Gasteiger partial charge in [0.2, 0.25) is 0 Å². The summed E-state index contributed by atoms with van der Waals surface area (Å²) >= 11 is 1.56. The van der Waals surface area contributed by atoms with E-state index in [4.69, 9.17) is 10.5 Å². The number of aromatic nitrogens is 2. The first-order chi connectivity index (χ1) is 7.69. The molecular formula is C11H13N3OS. The zero-order valence-corrected chi connectivity index (χ0v) is 9.99. The lowest BCUT2D eigenvalue weighted by molar-refractivity contribution is 0.414. The summed E-state index contributed by atoms with van der Waals surface area (Å²) in [5, 5.41) is 0.924. The molecule has 0 radical (unpaired) electrons. The molecule has 0 saturated heterocycles. The van der Waals surface area contributed by atoms with Gasteiger partial charge in [-0.1, -0.05) is 11.8 Å². The molecule has 1 heterocycles. The number of nitrogens with zero attached hydrogens (tertiary/aromatic N) is 2. The highest BCUT2D eigenvalue weighted by Gasteiger charge is 2.05. The van der Waals surface area contributed by atoms with Crippen LogP contribution in [-0.2, 0) is 7.05 Å². The van der Waals surface area contributed by atoms with Crippen LogP contribution in [0.25, 0.3) is 0 Å². The van der Waals surface area contributed by atoms with E-state index in [1.807, 2.05) is 29.9 Å². The molecule has 0 unspecified atom stereocenters. The second kappa shape index (κ2) is 4.49. The third-order valence-electron chi connectivity index (χ3n) is 2.12. The summed E-state index contributed by atoms with van der Waals surface area (Å²) in [5.41, 5.74) is 6.47. The van der Waals surface area contributed by atoms with Crippen molar-refractivity contribution in [3.05, 3.63) is 30.6 Å². The molecule has 1 aromatic heterocycles. The minimum Gasteiger partial charge on any atom is -0.497 e. The van der Waals surface area contributed by atoms with E-state index in [9.17, 15) is 0 Å². The number of imidazole rings is 1. The second-order valence-electron chi connectivity index (χ2n) is 3.36. The average Bonchev–Trinajstić information content (AvgIpc) is 2.63. The van der Waals surface area contributed by atoms with Crippen LogP contribution in [0.2, 0.25) is 0 Å². The number of nitrogens with two attached hydrogens (primary N) is 1. The minimum absolute atomic E-state index is 0.691. The number of benzene rings is 1. The van der Waals surface area contributed by atoms with E-state index in [0.29, 0.717) is 5.69 Å². The van der Waals surface area contributed by atoms with Crippen LogP contribution in [-0.4, -0.2) is 16.7 Å². The summed E-state index contributed by atoms with van der Waals surface area (Å²) in [6.45, 7) is 0. The summed E-state index contributed by atoms with van der Waals surface area (Å²) in [6, 6.07) is 5.64. The first kappa shape index (κ1) is 10.9. The van der Waals surface area contributed by atoms with Gasteiger partial charge in [0.15, 0.2) is 5.16 Å². The number of hydrogen-bond acceptors (Lipinski definition) is 4. The number of anilines is 1. The van der Waals surface area contributed by atoms with Crippen molar-refractivity contribution >= 4 is 17.4 Å². The van der Waals surface area contributed by atoms with Gasteiger partial charge in [-0.2, -0.15) is 0 Å². The molecule has 2 rings (SSSR count). The summed E-state index contributed by atoms with van der Waals surface area (Å²) in [4.78, 5) is 5.26. The molecule has 0 spiro atoms. The molecular weight excluding hydrogens is 222 g/mol. The van der Waals surface area contributed by atoms with Crippen molar-refractivity contribution < 1.29 is 4.74 Å². The number of aryl methyl sites for hydroxylation is 1. The Morgan fingerprint density at radius 3 is 2.81 bits per heavy atom. The van der Waals surface area contributed by atoms with E-state index in [1.54, 1.807) is 31.1 Å². The lowest BCUT2D eigenvalue weighted by Crippen LogP contribution is -1.91. The molecule has 0 fully saturated rings. The van der Waals surface area contributed by atoms with Crippen molar-refractivity contribution in [2.24, 2.45) is 7.05 Å². The van der Waals surface area contributed by atoms with Crippen LogP contribution in [0, 0.1) is 0 Å². The van der Waals surface area contributed by atoms with Crippen LogP contribution in [0.3, 0.4) is 0 Å². The van der Waals surface area contributed by atoms with Gasteiger partial charge in [-0.15, -0.1) is 0 Å². The second-order valence-corrected chi connectivity index (χ2v) is 4.41. The minimum atomic E-state index is 0.691. The number of nitrogen functional groups attached to an aromatic ring is 1. The van der Waals surface area contributed by atoms with Crippen molar-refractivity contribution in [3.63, 3.8) is 0 Å². The van der Waals surface area contributed by atoms with Gasteiger partial charge < -0.3 is 15.0 Å². The predicted octanol–water partition coefficient (Wildman–Crippen LogP) is 2.16. The van der Waals surface area contributed by atoms with Crippen molar-refractivity contribution in [2.45, 2.75) is 10.1 Å². The van der Waals surface area contributed by atoms with Crippen LogP contribution in [0.4, 0.5) is 5.69 Å². The third-order valence-corrected chi connectivity index (χ3v) is 3.17. The number of hydrogen-bond donors (Lipinski definition) is 1. The molecule has 0 saturated carbocycles. The lowest BCUT2D eigenvalue weighted by Gasteiger charge is -2.06. The van der Waals surface area contributed by atoms with E-state index < -0.39 is 0 Å². The van der Waals surface area contributed by atoms with Crippen LogP contribution < -0.4 is 10.5 Å². The topological polar surface area (TPSA) is 53.1 Å². The largest absolute Gasteiger partial charge is 0.497 e. The van der Waals surface area contributed by atoms with E-state index in [-0.39, 0.29) is 0 Å². The van der Waals surface area contributed by atoms with E-state index in [0.717, 1.165) is 15.8 Å². The van der Waals surface area contributed by atoms with Crippen molar-refractivity contribution in [2.75, 3.05) is 12.8 Å². The molecule has 0 amide bonds. The SMILES string of the molecule is COc1cc(N)cc(Sc2nccn2C)c1. The van der Waals surface area contributed by atoms with Crippen LogP contribution >= 0.6 is 11.8 Å². The Labute approximate surface area is 98.4 Å². The highest BCUT2D eigenvalue weighted by molar-refractivity contribution is 7.99. The van der Waals surface area contributed by atoms with Crippen molar-refractivity contribution in [1.29, 1.82) is 0 Å². The quantitative estimate of drug-likeness (QED) is 0.828. The fourth-order valence-electron chi connectivity index (χ4n) is 1.33. The highest BCUT2D eigenvalue weighted by Crippen LogP contribution is 2.30. The molecule has 2 aromatic rings. The fraction of sp³-hybridized carbons (Fsp3) is 0.182. The first-order valence-corrected chi connectivity index (χ1v) is 5.60. The van der Waals surface area contributed by atoms with Crippen LogP contribution in [0.5, 0.6) is 5.75 Å². The Morgan fingerprint density at radius 1 is 1.38 bits per heavy atom. The van der Waals surface area contributed by atoms with Gasteiger partial charge in [0.1, 0.15) is 5.75 Å². The highest BCUT2D eigenvalue weighted by atomic mass is 32.2. The van der Waals surface area contributed by atoms with Gasteiger partial charge in [-0.3, -0.25) is 0 Å². The standard InChI is InChI=1S/C11H13N3OS/c1-14-4-3-13-11(14)16-10-6-8(12)5-9(7-10)15-2/h3-7H,12H2,1-2H3. The predicted molar refractivity (Wildman–Crippen MR) is 64.7 cm³/mol. The van der Waals surface area contributed by atoms with Gasteiger partial charge in [0.05, 0.1) is 7.11 Å². The Kier molecular flexibility index (Phi) is 3.05. The fourth-order valence-corrected chi connectivity index (χ4v) is 2.23. The summed E-state index contributed by atoms with van der Waals surface area (Å²) in [6.07, 6.45) is 3.68. The molecule has 0 aliphatic rings. The molecule has 2 N–H and O–H groups in total. The molecule has 0 atom stereocenters. The van der Waals surface area contributed by atoms with Crippen LogP contribution in [0.1, 0.15) is 0 Å². The van der Waals surface area contributed by atoms with Crippen molar-refractivity contribution in [1.82, 2.24) is 9.55 Å². The monoisotopic (exact) mass is 235 g/mol. The Balaban J connectivity index is 2.28. The van der Waals surface area contributed by atoms with Gasteiger partial charge in [-0.05, 0) is 12.1 Å². The van der Waals surface area contributed by atoms with Gasteiger partial charge >= 0.3 is 0 Å². The van der Waals surface area contributed by atoms with Gasteiger partial charge in [0, 0.05) is 36.1 Å². The molecule has 1 aromatic carbocycles. The smallest absolute Gasteiger partial charge is 0.172 e. The lowest BCUT2D eigenvalue weighted by atomic mass is 10.3. The maximum Gasteiger partial charge on any atom is 0.172 e. The summed E-state index contributed by atoms with van der Waals surface area (Å²) in [5.74, 6) is 0.761. The Hall–Kier alpha value is -1.62. The van der Waals surface area contributed by atoms with Crippen molar-refractivity contribution in [3.8, 4) is 5.75 Å². The summed E-state index contributed by atoms with van der Waals surface area (Å²) < 4.78 is 7.12. The summed E-state index contributed by atoms with van der Waals surface area (Å²) in [7, 11) is 3.59. The van der Waals surface area contributed by atoms with Gasteiger partial charge in [-0.25, -0.2) is 4.98 Å². The van der Waals surface area contributed by atoms with Crippen LogP contribution in [0.15, 0.2) is 40.6 Å². The van der Waals surface area contributed by atoms with E-state index in [2.05, 4.69) is 4.98 Å². The molecule has 84 valence electrons. The first-order valence-electron chi connectivity index (χ1n) is 4.79. The maximum absolute atomic E-state index is 5.78. The molecule has 0 aliphatic heterocycles. The Bertz CT molecular complexity index is 496. The Morgan fingerprint density at radius 2 is 2.19 bits per heavy atom. The molecule has 0 aliphatic carbocycles. The maximum atomic E-state index is 5.78. The molecule has 0 bridgehead atoms. The van der Waals surface area contributed by atoms with Gasteiger partial charge in [0.25, 0.3) is 0 Å². The average molecular weight is 235 g/mol. The number of methoxy groups -OCH3 is 1. The van der Waals surface area contributed by atoms with E-state index in [1.165, 1.54) is 0 Å². The number of rotatable bonds is 3. The van der Waals surface area contributed by atoms with E-state index >= 15 is 0 Å². The normalized spacial score (nSPS) is 10.4. The molecule has 16 heavy (non-hydrogen) atoms. The number of ether oxygens (including phenoxy) is 1. The molecule has 5 heteroatoms. The zero-order chi connectivity index (χ0) is 11.5. The third kappa shape index (κ3) is 2.30.